The summed E-state index contributed by atoms with van der Waals surface area (Å²) >= 11 is 0. The number of hydrogen-bond acceptors (Lipinski definition) is 6. The van der Waals surface area contributed by atoms with Gasteiger partial charge in [0.15, 0.2) is 0 Å². The Balaban J connectivity index is 1.59. The molecule has 0 amide bonds. The molecule has 2 aromatic rings. The molecule has 0 radical (unpaired) electrons. The standard InChI is InChI=1S/C20H25NO5/c22-12-17-19(24)20(25)18(23)11-21(17)10-14-6-8-16(9-7-14)26-13-15-4-2-1-3-5-15/h1-9,17-20,22-25H,10-13H2/t17-,18-,19+,20+/m0/s1. The minimum atomic E-state index is -1.24. The Morgan fingerprint density at radius 3 is 2.23 bits per heavy atom. The summed E-state index contributed by atoms with van der Waals surface area (Å²) in [4.78, 5) is 1.78. The number of aliphatic hydroxyl groups is 4. The highest BCUT2D eigenvalue weighted by atomic mass is 16.5. The molecular weight excluding hydrogens is 334 g/mol. The van der Waals surface area contributed by atoms with E-state index in [4.69, 9.17) is 4.74 Å². The number of nitrogens with zero attached hydrogens (tertiary/aromatic N) is 1. The zero-order valence-corrected chi connectivity index (χ0v) is 14.5. The first-order chi connectivity index (χ1) is 12.6. The van der Waals surface area contributed by atoms with Gasteiger partial charge in [-0.25, -0.2) is 0 Å². The van der Waals surface area contributed by atoms with Crippen LogP contribution in [0.25, 0.3) is 0 Å². The van der Waals surface area contributed by atoms with E-state index in [2.05, 4.69) is 0 Å². The molecule has 0 unspecified atom stereocenters. The predicted molar refractivity (Wildman–Crippen MR) is 96.5 cm³/mol. The van der Waals surface area contributed by atoms with E-state index in [1.165, 1.54) is 0 Å². The third-order valence-electron chi connectivity index (χ3n) is 4.77. The molecular formula is C20H25NO5. The number of benzene rings is 2. The van der Waals surface area contributed by atoms with Crippen LogP contribution in [-0.2, 0) is 13.2 Å². The summed E-state index contributed by atoms with van der Waals surface area (Å²) in [6.45, 7) is 0.846. The molecule has 140 valence electrons. The number of hydrogen-bond donors (Lipinski definition) is 4. The molecule has 1 aliphatic heterocycles. The first kappa shape index (κ1) is 18.8. The highest BCUT2D eigenvalue weighted by Gasteiger charge is 2.40. The van der Waals surface area contributed by atoms with Crippen molar-refractivity contribution in [2.75, 3.05) is 13.2 Å². The van der Waals surface area contributed by atoms with Crippen molar-refractivity contribution in [3.05, 3.63) is 65.7 Å². The number of rotatable bonds is 6. The fraction of sp³-hybridized carbons (Fsp3) is 0.400. The van der Waals surface area contributed by atoms with Crippen LogP contribution in [0, 0.1) is 0 Å². The van der Waals surface area contributed by atoms with Gasteiger partial charge in [-0.2, -0.15) is 0 Å². The van der Waals surface area contributed by atoms with Gasteiger partial charge in [0, 0.05) is 13.1 Å². The molecule has 26 heavy (non-hydrogen) atoms. The summed E-state index contributed by atoms with van der Waals surface area (Å²) in [7, 11) is 0. The van der Waals surface area contributed by atoms with Gasteiger partial charge in [0.05, 0.1) is 18.8 Å². The molecule has 6 nitrogen and oxygen atoms in total. The second-order valence-corrected chi connectivity index (χ2v) is 6.65. The fourth-order valence-electron chi connectivity index (χ4n) is 3.23. The number of piperidine rings is 1. The normalized spacial score (nSPS) is 26.6. The van der Waals surface area contributed by atoms with Crippen LogP contribution in [0.2, 0.25) is 0 Å². The van der Waals surface area contributed by atoms with Crippen LogP contribution in [-0.4, -0.2) is 62.8 Å². The molecule has 0 bridgehead atoms. The third-order valence-corrected chi connectivity index (χ3v) is 4.77. The van der Waals surface area contributed by atoms with E-state index in [-0.39, 0.29) is 13.2 Å². The first-order valence-corrected chi connectivity index (χ1v) is 8.73. The fourth-order valence-corrected chi connectivity index (χ4v) is 3.23. The van der Waals surface area contributed by atoms with Gasteiger partial charge in [-0.05, 0) is 23.3 Å². The molecule has 2 aromatic carbocycles. The van der Waals surface area contributed by atoms with Gasteiger partial charge in [0.2, 0.25) is 0 Å². The summed E-state index contributed by atoms with van der Waals surface area (Å²) in [6, 6.07) is 16.9. The second kappa shape index (κ2) is 8.62. The lowest BCUT2D eigenvalue weighted by Crippen LogP contribution is -2.62. The van der Waals surface area contributed by atoms with Gasteiger partial charge in [-0.15, -0.1) is 0 Å². The van der Waals surface area contributed by atoms with E-state index in [9.17, 15) is 20.4 Å². The summed E-state index contributed by atoms with van der Waals surface area (Å²) in [6.07, 6.45) is -3.46. The molecule has 3 rings (SSSR count). The van der Waals surface area contributed by atoms with Crippen LogP contribution < -0.4 is 4.74 Å². The molecule has 6 heteroatoms. The van der Waals surface area contributed by atoms with Crippen molar-refractivity contribution in [2.45, 2.75) is 37.5 Å². The monoisotopic (exact) mass is 359 g/mol. The van der Waals surface area contributed by atoms with Gasteiger partial charge in [-0.3, -0.25) is 4.90 Å². The van der Waals surface area contributed by atoms with E-state index < -0.39 is 24.4 Å². The molecule has 1 saturated heterocycles. The zero-order chi connectivity index (χ0) is 18.5. The van der Waals surface area contributed by atoms with Crippen molar-refractivity contribution < 1.29 is 25.2 Å². The van der Waals surface area contributed by atoms with Crippen LogP contribution >= 0.6 is 0 Å². The highest BCUT2D eigenvalue weighted by molar-refractivity contribution is 5.28. The largest absolute Gasteiger partial charge is 0.489 e. The lowest BCUT2D eigenvalue weighted by atomic mass is 9.94. The van der Waals surface area contributed by atoms with E-state index in [1.807, 2.05) is 54.6 Å². The SMILES string of the molecule is OC[C@H]1[C@@H](O)[C@H](O)[C@@H](O)CN1Cc1ccc(OCc2ccccc2)cc1. The molecule has 0 spiro atoms. The summed E-state index contributed by atoms with van der Waals surface area (Å²) in [5.74, 6) is 0.755. The quantitative estimate of drug-likeness (QED) is 0.601. The van der Waals surface area contributed by atoms with E-state index in [0.717, 1.165) is 16.9 Å². The van der Waals surface area contributed by atoms with Crippen LogP contribution in [0.1, 0.15) is 11.1 Å². The van der Waals surface area contributed by atoms with Gasteiger partial charge in [0.25, 0.3) is 0 Å². The Hall–Kier alpha value is -1.96. The number of ether oxygens (including phenoxy) is 1. The van der Waals surface area contributed by atoms with Crippen molar-refractivity contribution in [1.29, 1.82) is 0 Å². The van der Waals surface area contributed by atoms with Crippen LogP contribution in [0.5, 0.6) is 5.75 Å². The van der Waals surface area contributed by atoms with E-state index >= 15 is 0 Å². The van der Waals surface area contributed by atoms with E-state index in [1.54, 1.807) is 4.90 Å². The summed E-state index contributed by atoms with van der Waals surface area (Å²) < 4.78 is 5.76. The molecule has 1 aliphatic rings. The van der Waals surface area contributed by atoms with Crippen molar-refractivity contribution in [3.63, 3.8) is 0 Å². The second-order valence-electron chi connectivity index (χ2n) is 6.65. The molecule has 1 fully saturated rings. The van der Waals surface area contributed by atoms with Gasteiger partial charge >= 0.3 is 0 Å². The first-order valence-electron chi connectivity index (χ1n) is 8.73. The minimum Gasteiger partial charge on any atom is -0.489 e. The number of aliphatic hydroxyl groups excluding tert-OH is 4. The Bertz CT molecular complexity index is 678. The lowest BCUT2D eigenvalue weighted by molar-refractivity contribution is -0.147. The average Bonchev–Trinajstić information content (AvgIpc) is 2.67. The Kier molecular flexibility index (Phi) is 6.24. The van der Waals surface area contributed by atoms with Crippen LogP contribution in [0.4, 0.5) is 0 Å². The average molecular weight is 359 g/mol. The van der Waals surface area contributed by atoms with Gasteiger partial charge in [0.1, 0.15) is 24.6 Å². The van der Waals surface area contributed by atoms with Crippen molar-refractivity contribution in [1.82, 2.24) is 4.90 Å². The molecule has 0 aliphatic carbocycles. The summed E-state index contributed by atoms with van der Waals surface area (Å²) in [5.41, 5.74) is 2.06. The van der Waals surface area contributed by atoms with Crippen molar-refractivity contribution >= 4 is 0 Å². The molecule has 4 atom stereocenters. The lowest BCUT2D eigenvalue weighted by Gasteiger charge is -2.43. The highest BCUT2D eigenvalue weighted by Crippen LogP contribution is 2.22. The maximum absolute atomic E-state index is 10.0. The van der Waals surface area contributed by atoms with Gasteiger partial charge in [-0.1, -0.05) is 42.5 Å². The molecule has 4 N–H and O–H groups in total. The summed E-state index contributed by atoms with van der Waals surface area (Å²) in [5, 5.41) is 39.2. The smallest absolute Gasteiger partial charge is 0.119 e. The van der Waals surface area contributed by atoms with E-state index in [0.29, 0.717) is 13.2 Å². The van der Waals surface area contributed by atoms with Gasteiger partial charge < -0.3 is 25.2 Å². The van der Waals surface area contributed by atoms with Crippen LogP contribution in [0.15, 0.2) is 54.6 Å². The Morgan fingerprint density at radius 1 is 0.885 bits per heavy atom. The minimum absolute atomic E-state index is 0.190. The Morgan fingerprint density at radius 2 is 1.58 bits per heavy atom. The number of β-amino-alcohol motifs (C(OH)–C–C–N with tert-alkyl or cyclic N) is 1. The van der Waals surface area contributed by atoms with Crippen LogP contribution in [0.3, 0.4) is 0 Å². The maximum atomic E-state index is 10.0. The van der Waals surface area contributed by atoms with Crippen molar-refractivity contribution in [2.24, 2.45) is 0 Å². The topological polar surface area (TPSA) is 93.4 Å². The molecule has 0 aromatic heterocycles. The maximum Gasteiger partial charge on any atom is 0.119 e. The Labute approximate surface area is 152 Å². The zero-order valence-electron chi connectivity index (χ0n) is 14.5. The molecule has 1 heterocycles. The molecule has 0 saturated carbocycles. The number of likely N-dealkylation sites (tertiary alicyclic amines) is 1. The van der Waals surface area contributed by atoms with Crippen molar-refractivity contribution in [3.8, 4) is 5.75 Å². The third kappa shape index (κ3) is 4.41. The predicted octanol–water partition coefficient (Wildman–Crippen LogP) is 0.525.